The van der Waals surface area contributed by atoms with E-state index in [2.05, 4.69) is 23.0 Å². The van der Waals surface area contributed by atoms with Crippen LogP contribution in [-0.2, 0) is 0 Å². The van der Waals surface area contributed by atoms with Gasteiger partial charge < -0.3 is 0 Å². The zero-order chi connectivity index (χ0) is 9.26. The Kier molecular flexibility index (Phi) is 2.27. The van der Waals surface area contributed by atoms with Gasteiger partial charge in [0.25, 0.3) is 0 Å². The molecule has 0 saturated heterocycles. The Labute approximate surface area is 82.0 Å². The summed E-state index contributed by atoms with van der Waals surface area (Å²) in [6.07, 6.45) is 5.20. The monoisotopic (exact) mass is 192 g/mol. The molecule has 0 atom stereocenters. The normalized spacial score (nSPS) is 16.0. The third-order valence-electron chi connectivity index (χ3n) is 2.03. The van der Waals surface area contributed by atoms with Gasteiger partial charge in [0.2, 0.25) is 0 Å². The van der Waals surface area contributed by atoms with Crippen molar-refractivity contribution in [3.8, 4) is 0 Å². The highest BCUT2D eigenvalue weighted by atomic mass is 32.1. The number of hydrogen-bond donors (Lipinski definition) is 0. The molecule has 0 aliphatic carbocycles. The van der Waals surface area contributed by atoms with E-state index in [0.29, 0.717) is 0 Å². The summed E-state index contributed by atoms with van der Waals surface area (Å²) < 4.78 is 0. The second kappa shape index (κ2) is 3.42. The average molecular weight is 192 g/mol. The number of aromatic nitrogens is 1. The summed E-state index contributed by atoms with van der Waals surface area (Å²) in [5, 5.41) is 1.13. The van der Waals surface area contributed by atoms with Gasteiger partial charge in [-0.3, -0.25) is 4.99 Å². The molecule has 0 spiro atoms. The summed E-state index contributed by atoms with van der Waals surface area (Å²) in [7, 11) is 0. The lowest BCUT2D eigenvalue weighted by atomic mass is 10.1. The first-order chi connectivity index (χ1) is 6.27. The number of nitrogens with zero attached hydrogens (tertiary/aromatic N) is 2. The van der Waals surface area contributed by atoms with Crippen molar-refractivity contribution in [3.63, 3.8) is 0 Å². The highest BCUT2D eigenvalue weighted by molar-refractivity contribution is 7.11. The summed E-state index contributed by atoms with van der Waals surface area (Å²) in [5.41, 5.74) is 2.30. The Morgan fingerprint density at radius 1 is 1.38 bits per heavy atom. The Morgan fingerprint density at radius 2 is 2.23 bits per heavy atom. The molecule has 0 aromatic carbocycles. The van der Waals surface area contributed by atoms with Crippen molar-refractivity contribution in [2.24, 2.45) is 4.99 Å². The van der Waals surface area contributed by atoms with Crippen molar-refractivity contribution in [2.75, 3.05) is 6.54 Å². The van der Waals surface area contributed by atoms with Gasteiger partial charge in [0.1, 0.15) is 0 Å². The molecule has 0 saturated carbocycles. The zero-order valence-corrected chi connectivity index (χ0v) is 8.69. The fourth-order valence-electron chi connectivity index (χ4n) is 1.46. The van der Waals surface area contributed by atoms with E-state index in [0.717, 1.165) is 23.7 Å². The molecule has 2 heterocycles. The number of thiazole rings is 1. The summed E-state index contributed by atoms with van der Waals surface area (Å²) >= 11 is 1.75. The lowest BCUT2D eigenvalue weighted by molar-refractivity contribution is 1.00. The lowest BCUT2D eigenvalue weighted by Crippen LogP contribution is -1.95. The molecule has 0 unspecified atom stereocenters. The summed E-state index contributed by atoms with van der Waals surface area (Å²) in [4.78, 5) is 10.0. The molecular weight excluding hydrogens is 180 g/mol. The van der Waals surface area contributed by atoms with Crippen LogP contribution in [0.2, 0.25) is 0 Å². The van der Waals surface area contributed by atoms with Crippen molar-refractivity contribution >= 4 is 23.1 Å². The van der Waals surface area contributed by atoms with Crippen molar-refractivity contribution in [1.29, 1.82) is 0 Å². The molecule has 68 valence electrons. The quantitative estimate of drug-likeness (QED) is 0.671. The maximum atomic E-state index is 4.49. The fraction of sp³-hybridized carbons (Fsp3) is 0.400. The topological polar surface area (TPSA) is 25.2 Å². The van der Waals surface area contributed by atoms with E-state index in [1.165, 1.54) is 10.5 Å². The molecule has 1 aromatic rings. The Morgan fingerprint density at radius 3 is 2.77 bits per heavy atom. The first-order valence-electron chi connectivity index (χ1n) is 4.42. The van der Waals surface area contributed by atoms with Crippen molar-refractivity contribution < 1.29 is 0 Å². The van der Waals surface area contributed by atoms with Gasteiger partial charge in [0, 0.05) is 23.2 Å². The second-order valence-corrected chi connectivity index (χ2v) is 4.53. The van der Waals surface area contributed by atoms with Gasteiger partial charge >= 0.3 is 0 Å². The van der Waals surface area contributed by atoms with Gasteiger partial charge in [-0.2, -0.15) is 0 Å². The molecule has 1 aromatic heterocycles. The molecular formula is C10H12N2S. The molecule has 1 aliphatic heterocycles. The second-order valence-electron chi connectivity index (χ2n) is 3.12. The van der Waals surface area contributed by atoms with Crippen LogP contribution in [0.25, 0.3) is 5.57 Å². The summed E-state index contributed by atoms with van der Waals surface area (Å²) in [5.74, 6) is 0. The van der Waals surface area contributed by atoms with E-state index in [-0.39, 0.29) is 0 Å². The van der Waals surface area contributed by atoms with Gasteiger partial charge in [-0.1, -0.05) is 6.08 Å². The van der Waals surface area contributed by atoms with Crippen LogP contribution in [0.3, 0.4) is 0 Å². The van der Waals surface area contributed by atoms with Crippen molar-refractivity contribution in [3.05, 3.63) is 21.7 Å². The molecule has 13 heavy (non-hydrogen) atoms. The Hall–Kier alpha value is -0.960. The van der Waals surface area contributed by atoms with Gasteiger partial charge in [0.05, 0.1) is 10.7 Å². The van der Waals surface area contributed by atoms with Crippen LogP contribution in [-0.4, -0.2) is 17.7 Å². The Balaban J connectivity index is 2.39. The molecule has 0 radical (unpaired) electrons. The third-order valence-corrected chi connectivity index (χ3v) is 2.92. The maximum absolute atomic E-state index is 4.49. The standard InChI is InChI=1S/C10H12N2S/c1-7-10(12-8(2)13-7)9-4-3-5-11-6-9/h4,6H,3,5H2,1-2H3. The molecule has 0 bridgehead atoms. The third kappa shape index (κ3) is 1.70. The van der Waals surface area contributed by atoms with E-state index in [1.807, 2.05) is 13.1 Å². The molecule has 0 N–H and O–H groups in total. The van der Waals surface area contributed by atoms with Crippen LogP contribution < -0.4 is 0 Å². The number of allylic oxidation sites excluding steroid dienone is 1. The van der Waals surface area contributed by atoms with Gasteiger partial charge in [0.15, 0.2) is 0 Å². The SMILES string of the molecule is Cc1nc(C2=CCCN=C2)c(C)s1. The van der Waals surface area contributed by atoms with E-state index in [9.17, 15) is 0 Å². The van der Waals surface area contributed by atoms with E-state index in [4.69, 9.17) is 0 Å². The van der Waals surface area contributed by atoms with Gasteiger partial charge in [-0.05, 0) is 20.3 Å². The predicted molar refractivity (Wildman–Crippen MR) is 57.5 cm³/mol. The molecule has 1 aliphatic rings. The van der Waals surface area contributed by atoms with Crippen molar-refractivity contribution in [1.82, 2.24) is 4.98 Å². The highest BCUT2D eigenvalue weighted by Crippen LogP contribution is 2.23. The predicted octanol–water partition coefficient (Wildman–Crippen LogP) is 2.62. The molecule has 0 fully saturated rings. The average Bonchev–Trinajstić information content (AvgIpc) is 2.47. The first-order valence-corrected chi connectivity index (χ1v) is 5.23. The van der Waals surface area contributed by atoms with Crippen LogP contribution in [0.5, 0.6) is 0 Å². The van der Waals surface area contributed by atoms with Crippen LogP contribution in [0.1, 0.15) is 22.0 Å². The van der Waals surface area contributed by atoms with E-state index < -0.39 is 0 Å². The molecule has 2 nitrogen and oxygen atoms in total. The number of rotatable bonds is 1. The maximum Gasteiger partial charge on any atom is 0.0904 e. The number of hydrogen-bond acceptors (Lipinski definition) is 3. The van der Waals surface area contributed by atoms with Gasteiger partial charge in [-0.25, -0.2) is 4.98 Å². The van der Waals surface area contributed by atoms with Crippen molar-refractivity contribution in [2.45, 2.75) is 20.3 Å². The lowest BCUT2D eigenvalue weighted by Gasteiger charge is -2.03. The molecule has 0 amide bonds. The smallest absolute Gasteiger partial charge is 0.0904 e. The summed E-state index contributed by atoms with van der Waals surface area (Å²) in [6, 6.07) is 0. The molecule has 3 heteroatoms. The first kappa shape index (κ1) is 8.63. The largest absolute Gasteiger partial charge is 0.292 e. The number of dihydropyridines is 1. The number of aliphatic imine (C=N–C) groups is 1. The number of aryl methyl sites for hydroxylation is 2. The van der Waals surface area contributed by atoms with Crippen LogP contribution >= 0.6 is 11.3 Å². The van der Waals surface area contributed by atoms with E-state index in [1.54, 1.807) is 11.3 Å². The minimum atomic E-state index is 0.922. The van der Waals surface area contributed by atoms with Crippen LogP contribution in [0, 0.1) is 13.8 Å². The van der Waals surface area contributed by atoms with Gasteiger partial charge in [-0.15, -0.1) is 11.3 Å². The van der Waals surface area contributed by atoms with E-state index >= 15 is 0 Å². The minimum Gasteiger partial charge on any atom is -0.292 e. The van der Waals surface area contributed by atoms with Crippen LogP contribution in [0.15, 0.2) is 11.1 Å². The fourth-order valence-corrected chi connectivity index (χ4v) is 2.30. The summed E-state index contributed by atoms with van der Waals surface area (Å²) in [6.45, 7) is 5.08. The zero-order valence-electron chi connectivity index (χ0n) is 7.87. The van der Waals surface area contributed by atoms with Crippen LogP contribution in [0.4, 0.5) is 0 Å². The molecule has 2 rings (SSSR count). The highest BCUT2D eigenvalue weighted by Gasteiger charge is 2.09. The Bertz CT molecular complexity index is 374. The minimum absolute atomic E-state index is 0.922.